The summed E-state index contributed by atoms with van der Waals surface area (Å²) in [7, 11) is 0. The number of para-hydroxylation sites is 1. The molecule has 0 bridgehead atoms. The Morgan fingerprint density at radius 2 is 2.04 bits per heavy atom. The summed E-state index contributed by atoms with van der Waals surface area (Å²) in [4.78, 5) is 15.5. The van der Waals surface area contributed by atoms with Gasteiger partial charge in [-0.15, -0.1) is 0 Å². The van der Waals surface area contributed by atoms with Gasteiger partial charge in [0.25, 0.3) is 0 Å². The van der Waals surface area contributed by atoms with E-state index in [1.807, 2.05) is 13.0 Å². The lowest BCUT2D eigenvalue weighted by atomic mass is 9.91. The highest BCUT2D eigenvalue weighted by atomic mass is 16.5. The van der Waals surface area contributed by atoms with Crippen molar-refractivity contribution < 1.29 is 9.53 Å². The number of benzene rings is 2. The minimum absolute atomic E-state index is 0.0943. The standard InChI is InChI=1S/C23H23NO2/c1-14(2)20(25)10-12-23(4)11-9-17-21-18(13-15(3)22(17)26-23)16-7-5-6-8-19(16)24-21/h5-9,11,13,24H,1,10,12H2,2-4H3. The van der Waals surface area contributed by atoms with E-state index in [0.29, 0.717) is 18.4 Å². The summed E-state index contributed by atoms with van der Waals surface area (Å²) in [5, 5.41) is 2.44. The molecule has 1 atom stereocenters. The monoisotopic (exact) mass is 345 g/mol. The van der Waals surface area contributed by atoms with Crippen LogP contribution in [0.5, 0.6) is 5.75 Å². The maximum absolute atomic E-state index is 11.9. The van der Waals surface area contributed by atoms with Gasteiger partial charge in [0.15, 0.2) is 5.78 Å². The Bertz CT molecular complexity index is 1090. The SMILES string of the molecule is C=C(C)C(=O)CCC1(C)C=Cc2c(c(C)cc3c2[nH]c2ccccc23)O1. The number of aryl methyl sites for hydroxylation is 1. The second kappa shape index (κ2) is 5.87. The van der Waals surface area contributed by atoms with Crippen LogP contribution in [0.4, 0.5) is 0 Å². The highest BCUT2D eigenvalue weighted by Gasteiger charge is 2.30. The average Bonchev–Trinajstić information content (AvgIpc) is 2.98. The van der Waals surface area contributed by atoms with E-state index in [0.717, 1.165) is 27.9 Å². The molecular formula is C23H23NO2. The molecule has 1 aromatic heterocycles. The first-order valence-corrected chi connectivity index (χ1v) is 8.99. The maximum atomic E-state index is 11.9. The second-order valence-electron chi connectivity index (χ2n) is 7.48. The van der Waals surface area contributed by atoms with Crippen LogP contribution in [0.1, 0.15) is 37.8 Å². The van der Waals surface area contributed by atoms with E-state index in [9.17, 15) is 4.79 Å². The highest BCUT2D eigenvalue weighted by Crippen LogP contribution is 2.41. The molecule has 0 aliphatic carbocycles. The van der Waals surface area contributed by atoms with Crippen LogP contribution in [-0.2, 0) is 4.79 Å². The Morgan fingerprint density at radius 3 is 2.81 bits per heavy atom. The summed E-state index contributed by atoms with van der Waals surface area (Å²) in [5.41, 5.74) is 4.54. The Kier molecular flexibility index (Phi) is 3.76. The van der Waals surface area contributed by atoms with Gasteiger partial charge >= 0.3 is 0 Å². The van der Waals surface area contributed by atoms with Crippen molar-refractivity contribution in [1.82, 2.24) is 4.98 Å². The largest absolute Gasteiger partial charge is 0.482 e. The quantitative estimate of drug-likeness (QED) is 0.615. The van der Waals surface area contributed by atoms with Crippen molar-refractivity contribution in [3.63, 3.8) is 0 Å². The minimum Gasteiger partial charge on any atom is -0.482 e. The van der Waals surface area contributed by atoms with Crippen LogP contribution >= 0.6 is 0 Å². The third-order valence-electron chi connectivity index (χ3n) is 5.24. The topological polar surface area (TPSA) is 42.1 Å². The first-order chi connectivity index (χ1) is 12.4. The number of carbonyl (C=O) groups excluding carboxylic acids is 1. The number of ketones is 1. The van der Waals surface area contributed by atoms with Crippen molar-refractivity contribution in [1.29, 1.82) is 0 Å². The van der Waals surface area contributed by atoms with Crippen LogP contribution in [0.25, 0.3) is 27.9 Å². The number of Topliss-reactive ketones (excluding diaryl/α,β-unsaturated/α-hetero) is 1. The van der Waals surface area contributed by atoms with Crippen molar-refractivity contribution in [3.05, 3.63) is 59.7 Å². The number of rotatable bonds is 4. The molecule has 26 heavy (non-hydrogen) atoms. The molecular weight excluding hydrogens is 322 g/mol. The zero-order chi connectivity index (χ0) is 18.5. The molecule has 3 nitrogen and oxygen atoms in total. The molecule has 0 amide bonds. The first kappa shape index (κ1) is 16.6. The van der Waals surface area contributed by atoms with E-state index in [4.69, 9.17) is 4.74 Å². The molecule has 3 aromatic rings. The molecule has 2 aromatic carbocycles. The number of hydrogen-bond donors (Lipinski definition) is 1. The molecule has 3 heteroatoms. The first-order valence-electron chi connectivity index (χ1n) is 8.99. The van der Waals surface area contributed by atoms with E-state index >= 15 is 0 Å². The van der Waals surface area contributed by atoms with E-state index in [2.05, 4.69) is 54.9 Å². The lowest BCUT2D eigenvalue weighted by Gasteiger charge is -2.32. The Balaban J connectivity index is 1.76. The van der Waals surface area contributed by atoms with Crippen LogP contribution in [0.15, 0.2) is 48.6 Å². The zero-order valence-corrected chi connectivity index (χ0v) is 15.5. The van der Waals surface area contributed by atoms with Crippen molar-refractivity contribution in [2.75, 3.05) is 0 Å². The predicted molar refractivity (Wildman–Crippen MR) is 108 cm³/mol. The Hall–Kier alpha value is -2.81. The van der Waals surface area contributed by atoms with Gasteiger partial charge in [-0.05, 0) is 62.6 Å². The Labute approximate surface area is 153 Å². The molecule has 0 spiro atoms. The van der Waals surface area contributed by atoms with Crippen molar-refractivity contribution in [3.8, 4) is 5.75 Å². The van der Waals surface area contributed by atoms with Gasteiger partial charge in [-0.1, -0.05) is 24.8 Å². The molecule has 0 radical (unpaired) electrons. The number of aromatic nitrogens is 1. The summed E-state index contributed by atoms with van der Waals surface area (Å²) in [5.74, 6) is 0.994. The van der Waals surface area contributed by atoms with Crippen molar-refractivity contribution >= 4 is 33.7 Å². The number of fused-ring (bicyclic) bond motifs is 5. The van der Waals surface area contributed by atoms with Crippen LogP contribution in [-0.4, -0.2) is 16.4 Å². The lowest BCUT2D eigenvalue weighted by Crippen LogP contribution is -2.33. The number of hydrogen-bond acceptors (Lipinski definition) is 2. The van der Waals surface area contributed by atoms with Crippen LogP contribution < -0.4 is 4.74 Å². The number of aromatic amines is 1. The third kappa shape index (κ3) is 2.64. The fraction of sp³-hybridized carbons (Fsp3) is 0.261. The fourth-order valence-corrected chi connectivity index (χ4v) is 3.66. The van der Waals surface area contributed by atoms with Gasteiger partial charge in [-0.2, -0.15) is 0 Å². The predicted octanol–water partition coefficient (Wildman–Crippen LogP) is 5.72. The van der Waals surface area contributed by atoms with Gasteiger partial charge in [0, 0.05) is 28.3 Å². The molecule has 4 rings (SSSR count). The van der Waals surface area contributed by atoms with Crippen molar-refractivity contribution in [2.45, 2.75) is 39.2 Å². The van der Waals surface area contributed by atoms with E-state index in [1.54, 1.807) is 6.92 Å². The Morgan fingerprint density at radius 1 is 1.27 bits per heavy atom. The van der Waals surface area contributed by atoms with Crippen LogP contribution in [0.3, 0.4) is 0 Å². The van der Waals surface area contributed by atoms with Gasteiger partial charge in [0.05, 0.1) is 5.52 Å². The van der Waals surface area contributed by atoms with E-state index < -0.39 is 5.60 Å². The normalized spacial score (nSPS) is 18.7. The zero-order valence-electron chi connectivity index (χ0n) is 15.5. The smallest absolute Gasteiger partial charge is 0.158 e. The van der Waals surface area contributed by atoms with Gasteiger partial charge < -0.3 is 9.72 Å². The summed E-state index contributed by atoms with van der Waals surface area (Å²) >= 11 is 0. The second-order valence-corrected chi connectivity index (χ2v) is 7.48. The summed E-state index contributed by atoms with van der Waals surface area (Å²) in [6.07, 6.45) is 5.29. The molecule has 2 heterocycles. The summed E-state index contributed by atoms with van der Waals surface area (Å²) in [6, 6.07) is 10.5. The molecule has 0 saturated carbocycles. The lowest BCUT2D eigenvalue weighted by molar-refractivity contribution is -0.116. The molecule has 1 aliphatic rings. The van der Waals surface area contributed by atoms with Gasteiger partial charge in [-0.3, -0.25) is 4.79 Å². The number of ether oxygens (including phenoxy) is 1. The fourth-order valence-electron chi connectivity index (χ4n) is 3.66. The van der Waals surface area contributed by atoms with Gasteiger partial charge in [0.2, 0.25) is 0 Å². The van der Waals surface area contributed by atoms with E-state index in [1.165, 1.54) is 10.8 Å². The molecule has 1 unspecified atom stereocenters. The average molecular weight is 345 g/mol. The van der Waals surface area contributed by atoms with Gasteiger partial charge in [-0.25, -0.2) is 0 Å². The number of carbonyl (C=O) groups is 1. The number of H-pyrrole nitrogens is 1. The van der Waals surface area contributed by atoms with Crippen LogP contribution in [0.2, 0.25) is 0 Å². The molecule has 132 valence electrons. The minimum atomic E-state index is -0.484. The number of nitrogens with one attached hydrogen (secondary N) is 1. The highest BCUT2D eigenvalue weighted by molar-refractivity contribution is 6.11. The van der Waals surface area contributed by atoms with Crippen molar-refractivity contribution in [2.24, 2.45) is 0 Å². The van der Waals surface area contributed by atoms with Crippen LogP contribution in [0, 0.1) is 6.92 Å². The molecule has 0 fully saturated rings. The molecule has 0 saturated heterocycles. The third-order valence-corrected chi connectivity index (χ3v) is 5.24. The summed E-state index contributed by atoms with van der Waals surface area (Å²) < 4.78 is 6.40. The van der Waals surface area contributed by atoms with Gasteiger partial charge in [0.1, 0.15) is 11.4 Å². The number of allylic oxidation sites excluding steroid dienone is 1. The van der Waals surface area contributed by atoms with E-state index in [-0.39, 0.29) is 5.78 Å². The summed E-state index contributed by atoms with van der Waals surface area (Å²) in [6.45, 7) is 9.61. The molecule has 1 N–H and O–H groups in total. The maximum Gasteiger partial charge on any atom is 0.158 e. The molecule has 1 aliphatic heterocycles.